The van der Waals surface area contributed by atoms with Crippen molar-refractivity contribution in [3.05, 3.63) is 40.8 Å². The maximum absolute atomic E-state index is 14.2. The zero-order valence-corrected chi connectivity index (χ0v) is 23.2. The number of hydrogen-bond donors (Lipinski definition) is 1. The fourth-order valence-corrected chi connectivity index (χ4v) is 5.19. The summed E-state index contributed by atoms with van der Waals surface area (Å²) in [7, 11) is 1.33. The quantitative estimate of drug-likeness (QED) is 0.207. The van der Waals surface area contributed by atoms with Gasteiger partial charge in [-0.1, -0.05) is 0 Å². The first kappa shape index (κ1) is 26.3. The first-order valence-corrected chi connectivity index (χ1v) is 13.2. The van der Waals surface area contributed by atoms with E-state index in [0.29, 0.717) is 51.7 Å². The zero-order valence-electron chi connectivity index (χ0n) is 20.3. The molecule has 1 aromatic carbocycles. The molecule has 0 bridgehead atoms. The summed E-state index contributed by atoms with van der Waals surface area (Å²) in [5, 5.41) is 3.89. The van der Waals surface area contributed by atoms with E-state index in [1.165, 1.54) is 36.9 Å². The predicted molar refractivity (Wildman–Crippen MR) is 143 cm³/mol. The third kappa shape index (κ3) is 5.97. The Bertz CT molecular complexity index is 1300. The second-order valence-electron chi connectivity index (χ2n) is 8.78. The Labute approximate surface area is 225 Å². The lowest BCUT2D eigenvalue weighted by Crippen LogP contribution is -2.46. The number of alkyl halides is 1. The van der Waals surface area contributed by atoms with Gasteiger partial charge in [-0.15, -0.1) is 11.3 Å². The topological polar surface area (TPSA) is 103 Å². The van der Waals surface area contributed by atoms with Crippen molar-refractivity contribution in [1.82, 2.24) is 14.9 Å². The van der Waals surface area contributed by atoms with Gasteiger partial charge in [-0.3, -0.25) is 0 Å². The molecule has 192 valence electrons. The van der Waals surface area contributed by atoms with Crippen LogP contribution in [0.3, 0.4) is 0 Å². The van der Waals surface area contributed by atoms with E-state index in [-0.39, 0.29) is 11.9 Å². The van der Waals surface area contributed by atoms with Crippen LogP contribution in [0.2, 0.25) is 0 Å². The predicted octanol–water partition coefficient (Wildman–Crippen LogP) is 5.82. The van der Waals surface area contributed by atoms with Gasteiger partial charge in [-0.25, -0.2) is 23.9 Å². The molecule has 2 aromatic heterocycles. The number of amides is 1. The summed E-state index contributed by atoms with van der Waals surface area (Å²) in [5.41, 5.74) is 1.18. The Morgan fingerprint density at radius 1 is 1.31 bits per heavy atom. The van der Waals surface area contributed by atoms with E-state index in [9.17, 15) is 14.0 Å². The van der Waals surface area contributed by atoms with Crippen LogP contribution >= 0.6 is 33.9 Å². The van der Waals surface area contributed by atoms with Gasteiger partial charge in [0.2, 0.25) is 0 Å². The van der Waals surface area contributed by atoms with Crippen molar-refractivity contribution < 1.29 is 28.2 Å². The molecule has 1 aliphatic rings. The Kier molecular flexibility index (Phi) is 7.83. The van der Waals surface area contributed by atoms with Crippen LogP contribution in [0.4, 0.5) is 20.7 Å². The molecule has 0 unspecified atom stereocenters. The first-order chi connectivity index (χ1) is 17.1. The van der Waals surface area contributed by atoms with Crippen LogP contribution < -0.4 is 10.1 Å². The molecule has 3 aromatic rings. The molecule has 1 N–H and O–H groups in total. The molecule has 36 heavy (non-hydrogen) atoms. The van der Waals surface area contributed by atoms with E-state index in [0.717, 1.165) is 6.42 Å². The standard InChI is InChI=1S/C24H26FIN4O5S/c1-13-18-20(27-12-28-21(18)36-19(13)22(31)33-4)29-16-8-7-14(25)10-17(16)34-15-6-5-9-30(11-15)23(32)35-24(2,3)26/h7-8,10,12,15H,5-6,9,11H2,1-4H3,(H,27,28,29)/t15-/m0/s1. The molecular weight excluding hydrogens is 602 g/mol. The Morgan fingerprint density at radius 2 is 2.08 bits per heavy atom. The van der Waals surface area contributed by atoms with Crippen LogP contribution in [0.5, 0.6) is 5.75 Å². The smallest absolute Gasteiger partial charge is 0.411 e. The highest BCUT2D eigenvalue weighted by atomic mass is 127. The number of anilines is 2. The number of thiophene rings is 1. The summed E-state index contributed by atoms with van der Waals surface area (Å²) in [6.45, 7) is 6.31. The van der Waals surface area contributed by atoms with Gasteiger partial charge in [0, 0.05) is 12.6 Å². The third-order valence-electron chi connectivity index (χ3n) is 5.55. The monoisotopic (exact) mass is 628 g/mol. The molecule has 0 spiro atoms. The second kappa shape index (κ2) is 10.7. The molecule has 1 saturated heterocycles. The van der Waals surface area contributed by atoms with E-state index < -0.39 is 21.5 Å². The molecule has 0 saturated carbocycles. The largest absolute Gasteiger partial charge is 0.486 e. The summed E-state index contributed by atoms with van der Waals surface area (Å²) in [5.74, 6) is -0.156. The molecule has 3 heterocycles. The number of methoxy groups -OCH3 is 1. The van der Waals surface area contributed by atoms with Crippen LogP contribution in [0.15, 0.2) is 24.5 Å². The number of nitrogens with zero attached hydrogens (tertiary/aromatic N) is 3. The van der Waals surface area contributed by atoms with Gasteiger partial charge in [-0.05, 0) is 73.9 Å². The van der Waals surface area contributed by atoms with E-state index in [4.69, 9.17) is 14.2 Å². The third-order valence-corrected chi connectivity index (χ3v) is 6.95. The summed E-state index contributed by atoms with van der Waals surface area (Å²) in [4.78, 5) is 36.0. The van der Waals surface area contributed by atoms with Gasteiger partial charge in [0.1, 0.15) is 39.5 Å². The van der Waals surface area contributed by atoms with Crippen molar-refractivity contribution in [3.63, 3.8) is 0 Å². The molecule has 1 aliphatic heterocycles. The second-order valence-corrected chi connectivity index (χ2v) is 12.4. The number of piperidine rings is 1. The normalized spacial score (nSPS) is 16.1. The van der Waals surface area contributed by atoms with E-state index in [2.05, 4.69) is 37.9 Å². The van der Waals surface area contributed by atoms with Crippen LogP contribution in [-0.4, -0.2) is 56.8 Å². The van der Waals surface area contributed by atoms with Crippen LogP contribution in [0.25, 0.3) is 10.2 Å². The van der Waals surface area contributed by atoms with Crippen molar-refractivity contribution in [1.29, 1.82) is 0 Å². The number of hydrogen-bond acceptors (Lipinski definition) is 9. The van der Waals surface area contributed by atoms with Gasteiger partial charge < -0.3 is 24.4 Å². The molecule has 0 radical (unpaired) electrons. The van der Waals surface area contributed by atoms with E-state index in [1.807, 2.05) is 13.8 Å². The number of fused-ring (bicyclic) bond motifs is 1. The highest BCUT2D eigenvalue weighted by Crippen LogP contribution is 2.37. The minimum atomic E-state index is -0.626. The van der Waals surface area contributed by atoms with Crippen LogP contribution in [-0.2, 0) is 9.47 Å². The van der Waals surface area contributed by atoms with Crippen LogP contribution in [0, 0.1) is 12.7 Å². The lowest BCUT2D eigenvalue weighted by atomic mass is 10.1. The van der Waals surface area contributed by atoms with Crippen LogP contribution in [0.1, 0.15) is 41.9 Å². The number of likely N-dealkylation sites (tertiary alicyclic amines) is 1. The number of carbonyl (C=O) groups excluding carboxylic acids is 2. The Balaban J connectivity index is 1.58. The summed E-state index contributed by atoms with van der Waals surface area (Å²) in [6, 6.07) is 4.18. The summed E-state index contributed by atoms with van der Waals surface area (Å²) in [6.07, 6.45) is 2.08. The van der Waals surface area contributed by atoms with Crippen molar-refractivity contribution in [3.8, 4) is 5.75 Å². The zero-order chi connectivity index (χ0) is 26.0. The van der Waals surface area contributed by atoms with Gasteiger partial charge in [0.15, 0.2) is 3.61 Å². The van der Waals surface area contributed by atoms with Crippen molar-refractivity contribution in [2.45, 2.75) is 43.3 Å². The Hall–Kier alpha value is -2.74. The average Bonchev–Trinajstić information content (AvgIpc) is 3.17. The Morgan fingerprint density at radius 3 is 2.81 bits per heavy atom. The van der Waals surface area contributed by atoms with Gasteiger partial charge >= 0.3 is 12.1 Å². The minimum Gasteiger partial charge on any atom is -0.486 e. The lowest BCUT2D eigenvalue weighted by Gasteiger charge is -2.34. The number of carbonyl (C=O) groups is 2. The SMILES string of the molecule is COC(=O)c1sc2ncnc(Nc3ccc(F)cc3O[C@H]3CCCN(C(=O)OC(C)(C)I)C3)c2c1C. The first-order valence-electron chi connectivity index (χ1n) is 11.3. The number of nitrogens with one attached hydrogen (secondary N) is 1. The minimum absolute atomic E-state index is 0.289. The maximum Gasteiger partial charge on any atom is 0.411 e. The number of benzene rings is 1. The summed E-state index contributed by atoms with van der Waals surface area (Å²) >= 11 is 3.28. The number of esters is 1. The van der Waals surface area contributed by atoms with E-state index in [1.54, 1.807) is 17.9 Å². The number of aryl methyl sites for hydroxylation is 1. The molecule has 1 fully saturated rings. The number of rotatable bonds is 6. The molecule has 1 atom stereocenters. The van der Waals surface area contributed by atoms with Gasteiger partial charge in [-0.2, -0.15) is 0 Å². The molecular formula is C24H26FIN4O5S. The lowest BCUT2D eigenvalue weighted by molar-refractivity contribution is 0.0396. The van der Waals surface area contributed by atoms with Crippen molar-refractivity contribution >= 4 is 67.7 Å². The molecule has 9 nitrogen and oxygen atoms in total. The van der Waals surface area contributed by atoms with Crippen molar-refractivity contribution in [2.24, 2.45) is 0 Å². The highest BCUT2D eigenvalue weighted by Gasteiger charge is 2.30. The number of ether oxygens (including phenoxy) is 3. The highest BCUT2D eigenvalue weighted by molar-refractivity contribution is 14.1. The molecule has 4 rings (SSSR count). The molecule has 12 heteroatoms. The number of aromatic nitrogens is 2. The van der Waals surface area contributed by atoms with Crippen molar-refractivity contribution in [2.75, 3.05) is 25.5 Å². The molecule has 0 aliphatic carbocycles. The van der Waals surface area contributed by atoms with E-state index >= 15 is 0 Å². The fourth-order valence-electron chi connectivity index (χ4n) is 3.93. The van der Waals surface area contributed by atoms with Gasteiger partial charge in [0.05, 0.1) is 24.7 Å². The fraction of sp³-hybridized carbons (Fsp3) is 0.417. The maximum atomic E-state index is 14.2. The average molecular weight is 628 g/mol. The summed E-state index contributed by atoms with van der Waals surface area (Å²) < 4.78 is 30.1. The number of halogens is 2. The van der Waals surface area contributed by atoms with Gasteiger partial charge in [0.25, 0.3) is 0 Å². The molecule has 1 amide bonds.